The molecule has 0 spiro atoms. The van der Waals surface area contributed by atoms with Gasteiger partial charge < -0.3 is 9.15 Å². The van der Waals surface area contributed by atoms with Crippen molar-refractivity contribution in [2.75, 3.05) is 0 Å². The van der Waals surface area contributed by atoms with Crippen LogP contribution < -0.4 is 4.74 Å². The second-order valence-corrected chi connectivity index (χ2v) is 7.88. The van der Waals surface area contributed by atoms with Gasteiger partial charge >= 0.3 is 5.97 Å². The van der Waals surface area contributed by atoms with Crippen molar-refractivity contribution in [2.24, 2.45) is 0 Å². The van der Waals surface area contributed by atoms with Gasteiger partial charge in [0.15, 0.2) is 17.8 Å². The van der Waals surface area contributed by atoms with E-state index in [-0.39, 0.29) is 11.7 Å². The minimum Gasteiger partial charge on any atom is -0.457 e. The molecule has 0 aliphatic heterocycles. The lowest BCUT2D eigenvalue weighted by Gasteiger charge is -2.04. The molecule has 0 atom stereocenters. The van der Waals surface area contributed by atoms with Gasteiger partial charge in [0.25, 0.3) is 0 Å². The maximum absolute atomic E-state index is 11.8. The Morgan fingerprint density at radius 1 is 0.857 bits per heavy atom. The van der Waals surface area contributed by atoms with Gasteiger partial charge in [-0.05, 0) is 13.3 Å². The summed E-state index contributed by atoms with van der Waals surface area (Å²) in [4.78, 5) is 22.6. The van der Waals surface area contributed by atoms with Crippen LogP contribution in [0.1, 0.15) is 126 Å². The average Bonchev–Trinajstić information content (AvgIpc) is 3.04. The van der Waals surface area contributed by atoms with Crippen molar-refractivity contribution in [1.29, 1.82) is 0 Å². The molecule has 1 aromatic rings. The standard InChI is InChI=1S/C24H40O4/c1-3-4-5-6-7-8-9-10-11-12-13-14-15-16-17-18-24(26)28-23-20-27-22(19-25)21(23)2/h19-20H,3-18H2,1-2H3. The maximum atomic E-state index is 11.8. The summed E-state index contributed by atoms with van der Waals surface area (Å²) < 4.78 is 10.3. The van der Waals surface area contributed by atoms with Gasteiger partial charge in [0.05, 0.1) is 0 Å². The molecule has 1 heterocycles. The monoisotopic (exact) mass is 392 g/mol. The van der Waals surface area contributed by atoms with E-state index in [2.05, 4.69) is 6.92 Å². The van der Waals surface area contributed by atoms with Crippen LogP contribution in [0.4, 0.5) is 0 Å². The summed E-state index contributed by atoms with van der Waals surface area (Å²) in [5.41, 5.74) is 0.583. The van der Waals surface area contributed by atoms with E-state index in [1.165, 1.54) is 89.7 Å². The third kappa shape index (κ3) is 11.3. The molecule has 0 aliphatic rings. The minimum absolute atomic E-state index is 0.217. The molecule has 160 valence electrons. The Hall–Kier alpha value is -1.58. The van der Waals surface area contributed by atoms with Gasteiger partial charge in [0.2, 0.25) is 0 Å². The van der Waals surface area contributed by atoms with Gasteiger partial charge in [-0.3, -0.25) is 9.59 Å². The molecular weight excluding hydrogens is 352 g/mol. The van der Waals surface area contributed by atoms with Crippen LogP contribution in [0.25, 0.3) is 0 Å². The summed E-state index contributed by atoms with van der Waals surface area (Å²) in [5.74, 6) is 0.318. The summed E-state index contributed by atoms with van der Waals surface area (Å²) in [6, 6.07) is 0. The van der Waals surface area contributed by atoms with E-state index >= 15 is 0 Å². The Bertz CT molecular complexity index is 533. The molecule has 1 aromatic heterocycles. The second kappa shape index (κ2) is 16.4. The summed E-state index contributed by atoms with van der Waals surface area (Å²) in [6.07, 6.45) is 21.9. The van der Waals surface area contributed by atoms with Crippen molar-refractivity contribution in [3.05, 3.63) is 17.6 Å². The van der Waals surface area contributed by atoms with E-state index in [1.807, 2.05) is 0 Å². The topological polar surface area (TPSA) is 56.5 Å². The van der Waals surface area contributed by atoms with Gasteiger partial charge in [-0.15, -0.1) is 0 Å². The Kier molecular flexibility index (Phi) is 14.3. The largest absolute Gasteiger partial charge is 0.457 e. The average molecular weight is 393 g/mol. The highest BCUT2D eigenvalue weighted by Gasteiger charge is 2.13. The molecule has 0 bridgehead atoms. The van der Waals surface area contributed by atoms with E-state index in [4.69, 9.17) is 9.15 Å². The molecule has 4 nitrogen and oxygen atoms in total. The Labute approximate surface area is 171 Å². The van der Waals surface area contributed by atoms with E-state index < -0.39 is 0 Å². The zero-order valence-corrected chi connectivity index (χ0v) is 18.1. The van der Waals surface area contributed by atoms with Gasteiger partial charge in [-0.2, -0.15) is 0 Å². The number of hydrogen-bond donors (Lipinski definition) is 0. The van der Waals surface area contributed by atoms with Crippen molar-refractivity contribution in [3.8, 4) is 5.75 Å². The predicted molar refractivity (Wildman–Crippen MR) is 114 cm³/mol. The van der Waals surface area contributed by atoms with Crippen molar-refractivity contribution in [2.45, 2.75) is 117 Å². The predicted octanol–water partition coefficient (Wildman–Crippen LogP) is 7.57. The lowest BCUT2D eigenvalue weighted by Crippen LogP contribution is -2.07. The van der Waals surface area contributed by atoms with E-state index in [0.29, 0.717) is 24.0 Å². The summed E-state index contributed by atoms with van der Waals surface area (Å²) >= 11 is 0. The first kappa shape index (κ1) is 24.5. The van der Waals surface area contributed by atoms with Crippen molar-refractivity contribution in [3.63, 3.8) is 0 Å². The number of carbonyl (C=O) groups excluding carboxylic acids is 2. The second-order valence-electron chi connectivity index (χ2n) is 7.88. The summed E-state index contributed by atoms with van der Waals surface area (Å²) in [7, 11) is 0. The lowest BCUT2D eigenvalue weighted by molar-refractivity contribution is -0.134. The van der Waals surface area contributed by atoms with Crippen molar-refractivity contribution in [1.82, 2.24) is 0 Å². The molecule has 0 saturated heterocycles. The van der Waals surface area contributed by atoms with Crippen LogP contribution in [-0.2, 0) is 4.79 Å². The highest BCUT2D eigenvalue weighted by molar-refractivity contribution is 5.77. The first-order valence-corrected chi connectivity index (χ1v) is 11.4. The van der Waals surface area contributed by atoms with Crippen LogP contribution in [0.3, 0.4) is 0 Å². The number of carbonyl (C=O) groups is 2. The fourth-order valence-electron chi connectivity index (χ4n) is 3.45. The number of hydrogen-bond acceptors (Lipinski definition) is 4. The van der Waals surface area contributed by atoms with E-state index in [9.17, 15) is 9.59 Å². The normalized spacial score (nSPS) is 10.9. The molecule has 0 unspecified atom stereocenters. The third-order valence-corrected chi connectivity index (χ3v) is 5.35. The van der Waals surface area contributed by atoms with Crippen LogP contribution >= 0.6 is 0 Å². The Balaban J connectivity index is 1.86. The fraction of sp³-hybridized carbons (Fsp3) is 0.750. The molecule has 4 heteroatoms. The highest BCUT2D eigenvalue weighted by atomic mass is 16.5. The SMILES string of the molecule is CCCCCCCCCCCCCCCCCC(=O)Oc1coc(C=O)c1C. The minimum atomic E-state index is -0.254. The third-order valence-electron chi connectivity index (χ3n) is 5.35. The maximum Gasteiger partial charge on any atom is 0.311 e. The number of furan rings is 1. The summed E-state index contributed by atoms with van der Waals surface area (Å²) in [6.45, 7) is 3.98. The molecule has 0 N–H and O–H groups in total. The van der Waals surface area contributed by atoms with Gasteiger partial charge in [0, 0.05) is 12.0 Å². The number of rotatable bonds is 18. The molecular formula is C24H40O4. The molecule has 0 saturated carbocycles. The van der Waals surface area contributed by atoms with Crippen LogP contribution in [0, 0.1) is 6.92 Å². The van der Waals surface area contributed by atoms with Gasteiger partial charge in [-0.25, -0.2) is 0 Å². The first-order valence-electron chi connectivity index (χ1n) is 11.4. The van der Waals surface area contributed by atoms with E-state index in [1.54, 1.807) is 6.92 Å². The zero-order valence-electron chi connectivity index (χ0n) is 18.1. The molecule has 0 fully saturated rings. The quantitative estimate of drug-likeness (QED) is 0.147. The van der Waals surface area contributed by atoms with Gasteiger partial charge in [-0.1, -0.05) is 96.8 Å². The smallest absolute Gasteiger partial charge is 0.311 e. The van der Waals surface area contributed by atoms with Crippen LogP contribution in [-0.4, -0.2) is 12.3 Å². The van der Waals surface area contributed by atoms with Crippen LogP contribution in [0.2, 0.25) is 0 Å². The molecule has 28 heavy (non-hydrogen) atoms. The molecule has 1 rings (SSSR count). The first-order chi connectivity index (χ1) is 13.7. The zero-order chi connectivity index (χ0) is 20.5. The summed E-state index contributed by atoms with van der Waals surface area (Å²) in [5, 5.41) is 0. The van der Waals surface area contributed by atoms with Gasteiger partial charge in [0.1, 0.15) is 6.26 Å². The molecule has 0 aromatic carbocycles. The van der Waals surface area contributed by atoms with Crippen molar-refractivity contribution >= 4 is 12.3 Å². The lowest BCUT2D eigenvalue weighted by atomic mass is 10.0. The number of unbranched alkanes of at least 4 members (excludes halogenated alkanes) is 14. The number of esters is 1. The molecule has 0 amide bonds. The molecule has 0 aliphatic carbocycles. The Morgan fingerprint density at radius 3 is 1.75 bits per heavy atom. The van der Waals surface area contributed by atoms with E-state index in [0.717, 1.165) is 12.8 Å². The number of ether oxygens (including phenoxy) is 1. The Morgan fingerprint density at radius 2 is 1.32 bits per heavy atom. The van der Waals surface area contributed by atoms with Crippen LogP contribution in [0.5, 0.6) is 5.75 Å². The number of aldehydes is 1. The highest BCUT2D eigenvalue weighted by Crippen LogP contribution is 2.23. The van der Waals surface area contributed by atoms with Crippen LogP contribution in [0.15, 0.2) is 10.7 Å². The van der Waals surface area contributed by atoms with Crippen molar-refractivity contribution < 1.29 is 18.7 Å². The fourth-order valence-corrected chi connectivity index (χ4v) is 3.45. The molecule has 0 radical (unpaired) electrons.